The van der Waals surface area contributed by atoms with Gasteiger partial charge in [0.25, 0.3) is 0 Å². The van der Waals surface area contributed by atoms with Crippen molar-refractivity contribution in [2.75, 3.05) is 0 Å². The number of para-hydroxylation sites is 1. The second-order valence-corrected chi connectivity index (χ2v) is 13.1. The van der Waals surface area contributed by atoms with Gasteiger partial charge in [-0.25, -0.2) is 0 Å². The van der Waals surface area contributed by atoms with Crippen molar-refractivity contribution in [3.05, 3.63) is 158 Å². The Balaban J connectivity index is 1.27. The fraction of sp³-hybridized carbons (Fsp3) is 0. The van der Waals surface area contributed by atoms with Crippen LogP contribution >= 0.6 is 11.3 Å². The molecule has 10 aromatic rings. The van der Waals surface area contributed by atoms with Gasteiger partial charge in [0, 0.05) is 42.1 Å². The molecule has 2 aromatic heterocycles. The normalized spacial score (nSPS) is 11.9. The smallest absolute Gasteiger partial charge is 0.144 e. The summed E-state index contributed by atoms with van der Waals surface area (Å²) in [4.78, 5) is 0. The van der Waals surface area contributed by atoms with Gasteiger partial charge in [-0.3, -0.25) is 0 Å². The quantitative estimate of drug-likeness (QED) is 0.196. The molecule has 10 rings (SSSR count). The molecular weight excluding hydrogens is 577 g/mol. The van der Waals surface area contributed by atoms with Crippen LogP contribution in [0.3, 0.4) is 0 Å². The van der Waals surface area contributed by atoms with Crippen LogP contribution in [0.2, 0.25) is 0 Å². The Morgan fingerprint density at radius 1 is 0.391 bits per heavy atom. The zero-order valence-corrected chi connectivity index (χ0v) is 25.6. The lowest BCUT2D eigenvalue weighted by molar-refractivity contribution is 0.670. The fourth-order valence-electron chi connectivity index (χ4n) is 7.39. The molecule has 0 saturated carbocycles. The average Bonchev–Trinajstić information content (AvgIpc) is 3.69. The van der Waals surface area contributed by atoms with Crippen LogP contribution in [-0.4, -0.2) is 0 Å². The standard InChI is InChI=1S/C44H26OS/c1-2-11-30-26-31(25-22-27(30)10-1)28-20-23-29(24-21-28)40-32-12-3-4-13-33(32)42(43-34-14-5-7-17-37(34)45-44(40)43)36-16-9-19-39-41(36)35-15-6-8-18-38(35)46-39/h1-26H. The highest BCUT2D eigenvalue weighted by Crippen LogP contribution is 2.50. The van der Waals surface area contributed by atoms with Gasteiger partial charge in [0.15, 0.2) is 0 Å². The summed E-state index contributed by atoms with van der Waals surface area (Å²) >= 11 is 1.86. The lowest BCUT2D eigenvalue weighted by atomic mass is 9.86. The Morgan fingerprint density at radius 2 is 1.02 bits per heavy atom. The lowest BCUT2D eigenvalue weighted by Crippen LogP contribution is -1.90. The minimum absolute atomic E-state index is 0.908. The third-order valence-corrected chi connectivity index (χ3v) is 10.6. The highest BCUT2D eigenvalue weighted by atomic mass is 32.1. The first-order chi connectivity index (χ1) is 22.8. The predicted molar refractivity (Wildman–Crippen MR) is 198 cm³/mol. The summed E-state index contributed by atoms with van der Waals surface area (Å²) in [6.45, 7) is 0. The van der Waals surface area contributed by atoms with Crippen LogP contribution in [-0.2, 0) is 0 Å². The first-order valence-corrected chi connectivity index (χ1v) is 16.5. The number of fused-ring (bicyclic) bond motifs is 8. The Hall–Kier alpha value is -5.70. The zero-order valence-electron chi connectivity index (χ0n) is 24.8. The summed E-state index contributed by atoms with van der Waals surface area (Å²) < 4.78 is 9.47. The summed E-state index contributed by atoms with van der Waals surface area (Å²) in [7, 11) is 0. The minimum atomic E-state index is 0.908. The van der Waals surface area contributed by atoms with E-state index in [9.17, 15) is 0 Å². The van der Waals surface area contributed by atoms with Crippen LogP contribution < -0.4 is 0 Å². The van der Waals surface area contributed by atoms with Crippen LogP contribution in [0.1, 0.15) is 0 Å². The van der Waals surface area contributed by atoms with Gasteiger partial charge in [0.2, 0.25) is 0 Å². The van der Waals surface area contributed by atoms with Gasteiger partial charge in [-0.2, -0.15) is 0 Å². The second kappa shape index (κ2) is 9.90. The van der Waals surface area contributed by atoms with Gasteiger partial charge in [0.05, 0.1) is 0 Å². The van der Waals surface area contributed by atoms with E-state index in [1.165, 1.54) is 69.4 Å². The number of hydrogen-bond acceptors (Lipinski definition) is 2. The van der Waals surface area contributed by atoms with E-state index < -0.39 is 0 Å². The van der Waals surface area contributed by atoms with E-state index in [1.807, 2.05) is 11.3 Å². The maximum absolute atomic E-state index is 6.85. The van der Waals surface area contributed by atoms with Gasteiger partial charge in [-0.15, -0.1) is 11.3 Å². The summed E-state index contributed by atoms with van der Waals surface area (Å²) in [5.41, 5.74) is 9.04. The van der Waals surface area contributed by atoms with E-state index in [0.29, 0.717) is 0 Å². The molecule has 0 saturated heterocycles. The average molecular weight is 603 g/mol. The zero-order chi connectivity index (χ0) is 30.2. The van der Waals surface area contributed by atoms with Gasteiger partial charge >= 0.3 is 0 Å². The monoisotopic (exact) mass is 602 g/mol. The first kappa shape index (κ1) is 25.6. The van der Waals surface area contributed by atoms with E-state index in [2.05, 4.69) is 158 Å². The molecule has 2 heterocycles. The number of furan rings is 1. The largest absolute Gasteiger partial charge is 0.455 e. The van der Waals surface area contributed by atoms with Gasteiger partial charge in [-0.1, -0.05) is 133 Å². The van der Waals surface area contributed by atoms with Crippen molar-refractivity contribution in [1.29, 1.82) is 0 Å². The molecule has 0 aliphatic carbocycles. The van der Waals surface area contributed by atoms with E-state index in [-0.39, 0.29) is 0 Å². The molecule has 2 heteroatoms. The summed E-state index contributed by atoms with van der Waals surface area (Å²) in [6.07, 6.45) is 0. The number of thiophene rings is 1. The van der Waals surface area contributed by atoms with Gasteiger partial charge in [-0.05, 0) is 68.1 Å². The van der Waals surface area contributed by atoms with E-state index in [1.54, 1.807) is 0 Å². The molecule has 0 amide bonds. The van der Waals surface area contributed by atoms with Crippen molar-refractivity contribution in [3.8, 4) is 33.4 Å². The molecule has 0 N–H and O–H groups in total. The third kappa shape index (κ3) is 3.74. The Kier molecular flexibility index (Phi) is 5.51. The molecule has 8 aromatic carbocycles. The molecule has 1 nitrogen and oxygen atoms in total. The van der Waals surface area contributed by atoms with E-state index in [4.69, 9.17) is 4.42 Å². The molecule has 0 aliphatic heterocycles. The molecule has 0 fully saturated rings. The summed E-state index contributed by atoms with van der Waals surface area (Å²) in [5.74, 6) is 0. The molecule has 0 radical (unpaired) electrons. The maximum atomic E-state index is 6.85. The van der Waals surface area contributed by atoms with Crippen molar-refractivity contribution < 1.29 is 4.42 Å². The molecule has 214 valence electrons. The third-order valence-electron chi connectivity index (χ3n) is 9.47. The molecular formula is C44H26OS. The number of rotatable bonds is 3. The van der Waals surface area contributed by atoms with Crippen molar-refractivity contribution in [3.63, 3.8) is 0 Å². The Morgan fingerprint density at radius 3 is 1.87 bits per heavy atom. The Labute approximate surface area is 269 Å². The summed E-state index contributed by atoms with van der Waals surface area (Å²) in [6, 6.07) is 57.1. The van der Waals surface area contributed by atoms with Crippen molar-refractivity contribution >= 4 is 75.0 Å². The molecule has 0 bridgehead atoms. The van der Waals surface area contributed by atoms with Crippen LogP contribution in [0, 0.1) is 0 Å². The number of benzene rings is 8. The van der Waals surface area contributed by atoms with Crippen LogP contribution in [0.4, 0.5) is 0 Å². The van der Waals surface area contributed by atoms with Crippen LogP contribution in [0.25, 0.3) is 97.0 Å². The highest BCUT2D eigenvalue weighted by molar-refractivity contribution is 7.25. The van der Waals surface area contributed by atoms with E-state index in [0.717, 1.165) is 27.7 Å². The summed E-state index contributed by atoms with van der Waals surface area (Å²) in [5, 5.41) is 9.87. The minimum Gasteiger partial charge on any atom is -0.455 e. The predicted octanol–water partition coefficient (Wildman–Crippen LogP) is 13.3. The fourth-order valence-corrected chi connectivity index (χ4v) is 8.53. The molecule has 46 heavy (non-hydrogen) atoms. The molecule has 0 spiro atoms. The lowest BCUT2D eigenvalue weighted by Gasteiger charge is -2.16. The molecule has 0 atom stereocenters. The number of hydrogen-bond donors (Lipinski definition) is 0. The van der Waals surface area contributed by atoms with Gasteiger partial charge < -0.3 is 4.42 Å². The molecule has 0 aliphatic rings. The van der Waals surface area contributed by atoms with Crippen LogP contribution in [0.5, 0.6) is 0 Å². The highest BCUT2D eigenvalue weighted by Gasteiger charge is 2.24. The second-order valence-electron chi connectivity index (χ2n) is 12.0. The SMILES string of the molecule is c1ccc2cc(-c3ccc(-c4c5ccccc5c(-c5cccc6sc7ccccc7c56)c5c4oc4ccccc45)cc3)ccc2c1. The van der Waals surface area contributed by atoms with Crippen molar-refractivity contribution in [2.45, 2.75) is 0 Å². The Bertz CT molecular complexity index is 2800. The first-order valence-electron chi connectivity index (χ1n) is 15.7. The van der Waals surface area contributed by atoms with Crippen molar-refractivity contribution in [1.82, 2.24) is 0 Å². The maximum Gasteiger partial charge on any atom is 0.144 e. The topological polar surface area (TPSA) is 13.1 Å². The van der Waals surface area contributed by atoms with Crippen molar-refractivity contribution in [2.24, 2.45) is 0 Å². The van der Waals surface area contributed by atoms with Gasteiger partial charge in [0.1, 0.15) is 11.2 Å². The molecule has 0 unspecified atom stereocenters. The van der Waals surface area contributed by atoms with Crippen LogP contribution in [0.15, 0.2) is 162 Å². The van der Waals surface area contributed by atoms with E-state index >= 15 is 0 Å².